The van der Waals surface area contributed by atoms with Gasteiger partial charge >= 0.3 is 0 Å². The van der Waals surface area contributed by atoms with Gasteiger partial charge in [-0.1, -0.05) is 146 Å². The third-order valence-electron chi connectivity index (χ3n) is 9.70. The molecule has 1 atom stereocenters. The highest BCUT2D eigenvalue weighted by Crippen LogP contribution is 2.52. The van der Waals surface area contributed by atoms with Crippen LogP contribution in [-0.2, 0) is 0 Å². The van der Waals surface area contributed by atoms with Gasteiger partial charge in [-0.2, -0.15) is 0 Å². The third-order valence-corrected chi connectivity index (χ3v) is 9.70. The number of rotatable bonds is 4. The molecule has 0 aliphatic heterocycles. The minimum Gasteiger partial charge on any atom is -0.309 e. The lowest BCUT2D eigenvalue weighted by Crippen LogP contribution is -2.10. The third kappa shape index (κ3) is 3.99. The van der Waals surface area contributed by atoms with Crippen LogP contribution in [0, 0.1) is 0 Å². The van der Waals surface area contributed by atoms with Gasteiger partial charge in [0.05, 0.1) is 17.0 Å². The zero-order chi connectivity index (χ0) is 31.6. The van der Waals surface area contributed by atoms with Crippen LogP contribution in [0.5, 0.6) is 0 Å². The van der Waals surface area contributed by atoms with Gasteiger partial charge in [-0.3, -0.25) is 0 Å². The molecule has 9 aromatic rings. The van der Waals surface area contributed by atoms with Gasteiger partial charge in [0.1, 0.15) is 5.82 Å². The topological polar surface area (TPSA) is 43.6 Å². The van der Waals surface area contributed by atoms with E-state index in [1.807, 2.05) is 36.4 Å². The zero-order valence-electron chi connectivity index (χ0n) is 26.0. The van der Waals surface area contributed by atoms with Crippen molar-refractivity contribution in [3.63, 3.8) is 0 Å². The van der Waals surface area contributed by atoms with E-state index in [0.717, 1.165) is 22.6 Å². The Kier molecular flexibility index (Phi) is 5.90. The predicted octanol–water partition coefficient (Wildman–Crippen LogP) is 10.6. The number of hydrogen-bond acceptors (Lipinski definition) is 3. The van der Waals surface area contributed by atoms with E-state index in [1.54, 1.807) is 0 Å². The molecule has 0 amide bonds. The van der Waals surface area contributed by atoms with E-state index >= 15 is 0 Å². The molecule has 224 valence electrons. The molecule has 2 aromatic heterocycles. The number of benzene rings is 7. The fourth-order valence-corrected chi connectivity index (χ4v) is 7.64. The van der Waals surface area contributed by atoms with Crippen LogP contribution >= 0.6 is 0 Å². The van der Waals surface area contributed by atoms with Crippen LogP contribution in [0.4, 0.5) is 0 Å². The maximum atomic E-state index is 5.29. The smallest absolute Gasteiger partial charge is 0.163 e. The second kappa shape index (κ2) is 10.6. The molecule has 0 saturated heterocycles. The molecular formula is C44H28N4. The average Bonchev–Trinajstić information content (AvgIpc) is 3.69. The van der Waals surface area contributed by atoms with Gasteiger partial charge in [0, 0.05) is 27.6 Å². The van der Waals surface area contributed by atoms with E-state index in [2.05, 4.69) is 132 Å². The van der Waals surface area contributed by atoms with Crippen molar-refractivity contribution in [3.8, 4) is 39.6 Å². The molecule has 4 nitrogen and oxygen atoms in total. The van der Waals surface area contributed by atoms with E-state index in [0.29, 0.717) is 11.6 Å². The van der Waals surface area contributed by atoms with Crippen molar-refractivity contribution in [3.05, 3.63) is 181 Å². The standard InChI is InChI=1S/C44H28N4/c1-4-15-29(16-5-1)42-45-43(30-17-6-2-7-18-30)47-44(46-42)40-34-23-13-12-22-33(34)35-25-26-36-38-32-21-11-10-14-28(32)24-27-37(38)48(41(36)39(35)40)31-19-8-3-9-20-31/h1-27,40H. The van der Waals surface area contributed by atoms with Crippen molar-refractivity contribution >= 4 is 32.6 Å². The summed E-state index contributed by atoms with van der Waals surface area (Å²) in [6, 6.07) is 57.8. The monoisotopic (exact) mass is 612 g/mol. The lowest BCUT2D eigenvalue weighted by Gasteiger charge is -2.18. The number of para-hydroxylation sites is 1. The lowest BCUT2D eigenvalue weighted by atomic mass is 9.93. The highest BCUT2D eigenvalue weighted by Gasteiger charge is 2.36. The summed E-state index contributed by atoms with van der Waals surface area (Å²) < 4.78 is 2.45. The van der Waals surface area contributed by atoms with Gasteiger partial charge in [0.15, 0.2) is 11.6 Å². The van der Waals surface area contributed by atoms with Crippen molar-refractivity contribution in [1.82, 2.24) is 19.5 Å². The maximum absolute atomic E-state index is 5.29. The molecule has 7 aromatic carbocycles. The minimum atomic E-state index is -0.203. The minimum absolute atomic E-state index is 0.203. The van der Waals surface area contributed by atoms with Crippen LogP contribution in [-0.4, -0.2) is 19.5 Å². The van der Waals surface area contributed by atoms with Crippen molar-refractivity contribution < 1.29 is 0 Å². The Morgan fingerprint density at radius 3 is 1.81 bits per heavy atom. The highest BCUT2D eigenvalue weighted by atomic mass is 15.0. The largest absolute Gasteiger partial charge is 0.309 e. The second-order valence-electron chi connectivity index (χ2n) is 12.4. The predicted molar refractivity (Wildman–Crippen MR) is 195 cm³/mol. The summed E-state index contributed by atoms with van der Waals surface area (Å²) in [6.07, 6.45) is 0. The SMILES string of the molecule is c1ccc(-c2nc(-c3ccccc3)nc(C3c4ccccc4-c4ccc5c6c7ccccc7ccc6n(-c6ccccc6)c5c43)n2)cc1. The summed E-state index contributed by atoms with van der Waals surface area (Å²) in [7, 11) is 0. The molecule has 0 saturated carbocycles. The fourth-order valence-electron chi connectivity index (χ4n) is 7.64. The quantitative estimate of drug-likeness (QED) is 0.199. The Balaban J connectivity index is 1.35. The van der Waals surface area contributed by atoms with E-state index in [-0.39, 0.29) is 5.92 Å². The van der Waals surface area contributed by atoms with Crippen LogP contribution in [0.15, 0.2) is 164 Å². The van der Waals surface area contributed by atoms with Crippen molar-refractivity contribution in [1.29, 1.82) is 0 Å². The summed E-state index contributed by atoms with van der Waals surface area (Å²) in [5.41, 5.74) is 10.3. The molecule has 0 spiro atoms. The first kappa shape index (κ1) is 26.8. The normalized spacial score (nSPS) is 13.6. The summed E-state index contributed by atoms with van der Waals surface area (Å²) in [6.45, 7) is 0. The molecule has 0 bridgehead atoms. The Hall–Kier alpha value is -6.39. The molecule has 1 aliphatic carbocycles. The highest BCUT2D eigenvalue weighted by molar-refractivity contribution is 6.23. The molecule has 48 heavy (non-hydrogen) atoms. The van der Waals surface area contributed by atoms with Crippen LogP contribution < -0.4 is 0 Å². The van der Waals surface area contributed by atoms with Gasteiger partial charge < -0.3 is 4.57 Å². The Labute approximate surface area is 277 Å². The Bertz CT molecular complexity index is 2600. The molecular weight excluding hydrogens is 585 g/mol. The lowest BCUT2D eigenvalue weighted by molar-refractivity contribution is 0.857. The first-order chi connectivity index (χ1) is 23.8. The molecule has 2 heterocycles. The number of hydrogen-bond donors (Lipinski definition) is 0. The van der Waals surface area contributed by atoms with Crippen molar-refractivity contribution in [2.24, 2.45) is 0 Å². The molecule has 1 unspecified atom stereocenters. The Morgan fingerprint density at radius 1 is 0.458 bits per heavy atom. The fraction of sp³-hybridized carbons (Fsp3) is 0.0227. The van der Waals surface area contributed by atoms with Crippen LogP contribution in [0.1, 0.15) is 22.9 Å². The summed E-state index contributed by atoms with van der Waals surface area (Å²) >= 11 is 0. The molecule has 1 aliphatic rings. The molecule has 4 heteroatoms. The van der Waals surface area contributed by atoms with Gasteiger partial charge in [-0.05, 0) is 51.2 Å². The average molecular weight is 613 g/mol. The maximum Gasteiger partial charge on any atom is 0.163 e. The van der Waals surface area contributed by atoms with Crippen LogP contribution in [0.25, 0.3) is 72.2 Å². The zero-order valence-corrected chi connectivity index (χ0v) is 26.0. The van der Waals surface area contributed by atoms with Gasteiger partial charge in [0.2, 0.25) is 0 Å². The Morgan fingerprint density at radius 2 is 1.08 bits per heavy atom. The van der Waals surface area contributed by atoms with E-state index < -0.39 is 0 Å². The second-order valence-corrected chi connectivity index (χ2v) is 12.4. The summed E-state index contributed by atoms with van der Waals surface area (Å²) in [5.74, 6) is 1.89. The number of nitrogens with zero attached hydrogens (tertiary/aromatic N) is 4. The van der Waals surface area contributed by atoms with Crippen LogP contribution in [0.2, 0.25) is 0 Å². The summed E-state index contributed by atoms with van der Waals surface area (Å²) in [4.78, 5) is 15.6. The molecule has 0 N–H and O–H groups in total. The number of aromatic nitrogens is 4. The van der Waals surface area contributed by atoms with Crippen molar-refractivity contribution in [2.75, 3.05) is 0 Å². The van der Waals surface area contributed by atoms with E-state index in [9.17, 15) is 0 Å². The number of fused-ring (bicyclic) bond motifs is 9. The van der Waals surface area contributed by atoms with Crippen LogP contribution in [0.3, 0.4) is 0 Å². The molecule has 10 rings (SSSR count). The van der Waals surface area contributed by atoms with Crippen molar-refractivity contribution in [2.45, 2.75) is 5.92 Å². The van der Waals surface area contributed by atoms with Gasteiger partial charge in [-0.15, -0.1) is 0 Å². The van der Waals surface area contributed by atoms with Gasteiger partial charge in [-0.25, -0.2) is 15.0 Å². The van der Waals surface area contributed by atoms with Gasteiger partial charge in [0.25, 0.3) is 0 Å². The summed E-state index contributed by atoms with van der Waals surface area (Å²) in [5, 5.41) is 4.97. The van der Waals surface area contributed by atoms with E-state index in [4.69, 9.17) is 15.0 Å². The van der Waals surface area contributed by atoms with E-state index in [1.165, 1.54) is 54.8 Å². The molecule has 0 fully saturated rings. The first-order valence-electron chi connectivity index (χ1n) is 16.3. The molecule has 0 radical (unpaired) electrons. The first-order valence-corrected chi connectivity index (χ1v) is 16.3.